The minimum absolute atomic E-state index is 0. The largest absolute Gasteiger partial charge is 0.297 e. The van der Waals surface area contributed by atoms with E-state index in [-0.39, 0.29) is 12.4 Å². The van der Waals surface area contributed by atoms with Gasteiger partial charge < -0.3 is 0 Å². The Bertz CT molecular complexity index is 1370. The molecule has 0 aliphatic heterocycles. The SMILES string of the molecule is Cl.ClCCN(CCCl)Cc1ccc(-c2c3ccccc3cc3c2ccc2ccccc23)cc1. The molecule has 1 nitrogen and oxygen atoms in total. The van der Waals surface area contributed by atoms with Crippen molar-refractivity contribution >= 4 is 67.9 Å². The molecule has 0 amide bonds. The van der Waals surface area contributed by atoms with Gasteiger partial charge in [0.25, 0.3) is 0 Å². The van der Waals surface area contributed by atoms with Crippen LogP contribution in [0.4, 0.5) is 0 Å². The number of hydrogen-bond acceptors (Lipinski definition) is 1. The van der Waals surface area contributed by atoms with Gasteiger partial charge in [-0.25, -0.2) is 0 Å². The molecule has 0 fully saturated rings. The van der Waals surface area contributed by atoms with Gasteiger partial charge in [-0.05, 0) is 55.1 Å². The highest BCUT2D eigenvalue weighted by Gasteiger charge is 2.12. The van der Waals surface area contributed by atoms with Crippen molar-refractivity contribution in [1.82, 2.24) is 4.90 Å². The predicted molar refractivity (Wildman–Crippen MR) is 148 cm³/mol. The van der Waals surface area contributed by atoms with Crippen LogP contribution in [-0.4, -0.2) is 29.7 Å². The first-order chi connectivity index (χ1) is 15.8. The summed E-state index contributed by atoms with van der Waals surface area (Å²) in [5.41, 5.74) is 3.82. The Morgan fingerprint density at radius 3 is 1.91 bits per heavy atom. The molecule has 0 heterocycles. The van der Waals surface area contributed by atoms with Crippen LogP contribution in [-0.2, 0) is 6.54 Å². The van der Waals surface area contributed by atoms with Crippen LogP contribution in [0.1, 0.15) is 5.56 Å². The Morgan fingerprint density at radius 1 is 0.576 bits per heavy atom. The van der Waals surface area contributed by atoms with Gasteiger partial charge in [-0.1, -0.05) is 84.9 Å². The quantitative estimate of drug-likeness (QED) is 0.124. The summed E-state index contributed by atoms with van der Waals surface area (Å²) >= 11 is 11.9. The minimum atomic E-state index is 0. The number of benzene rings is 5. The summed E-state index contributed by atoms with van der Waals surface area (Å²) < 4.78 is 0. The van der Waals surface area contributed by atoms with Crippen molar-refractivity contribution in [2.45, 2.75) is 6.54 Å². The summed E-state index contributed by atoms with van der Waals surface area (Å²) in [6.07, 6.45) is 0. The normalized spacial score (nSPS) is 11.4. The molecule has 0 saturated carbocycles. The van der Waals surface area contributed by atoms with Gasteiger partial charge in [0.15, 0.2) is 0 Å². The average Bonchev–Trinajstić information content (AvgIpc) is 2.83. The highest BCUT2D eigenvalue weighted by Crippen LogP contribution is 2.39. The fraction of sp³-hybridized carbons (Fsp3) is 0.172. The van der Waals surface area contributed by atoms with Crippen LogP contribution in [0.2, 0.25) is 0 Å². The Kier molecular flexibility index (Phi) is 7.78. The van der Waals surface area contributed by atoms with Crippen molar-refractivity contribution in [1.29, 1.82) is 0 Å². The molecule has 0 N–H and O–H groups in total. The molecule has 0 aliphatic carbocycles. The van der Waals surface area contributed by atoms with Crippen LogP contribution < -0.4 is 0 Å². The molecule has 0 aliphatic rings. The van der Waals surface area contributed by atoms with Crippen molar-refractivity contribution in [3.05, 3.63) is 96.6 Å². The Hall–Kier alpha value is -2.29. The second-order valence-electron chi connectivity index (χ2n) is 8.21. The average molecular weight is 495 g/mol. The summed E-state index contributed by atoms with van der Waals surface area (Å²) in [5.74, 6) is 1.23. The summed E-state index contributed by atoms with van der Waals surface area (Å²) in [7, 11) is 0. The summed E-state index contributed by atoms with van der Waals surface area (Å²) in [5, 5.41) is 7.72. The lowest BCUT2D eigenvalue weighted by molar-refractivity contribution is 0.299. The van der Waals surface area contributed by atoms with E-state index in [0.717, 1.165) is 19.6 Å². The van der Waals surface area contributed by atoms with Crippen LogP contribution in [0.5, 0.6) is 0 Å². The van der Waals surface area contributed by atoms with Gasteiger partial charge in [-0.3, -0.25) is 4.90 Å². The van der Waals surface area contributed by atoms with Crippen LogP contribution in [0.25, 0.3) is 43.4 Å². The van der Waals surface area contributed by atoms with Gasteiger partial charge in [-0.2, -0.15) is 0 Å². The van der Waals surface area contributed by atoms with E-state index in [0.29, 0.717) is 11.8 Å². The molecule has 168 valence electrons. The Labute approximate surface area is 211 Å². The maximum atomic E-state index is 5.97. The monoisotopic (exact) mass is 493 g/mol. The number of nitrogens with zero attached hydrogens (tertiary/aromatic N) is 1. The fourth-order valence-electron chi connectivity index (χ4n) is 4.68. The molecule has 0 aromatic heterocycles. The number of hydrogen-bond donors (Lipinski definition) is 0. The van der Waals surface area contributed by atoms with Crippen LogP contribution in [0, 0.1) is 0 Å². The lowest BCUT2D eigenvalue weighted by atomic mass is 9.89. The van der Waals surface area contributed by atoms with E-state index in [9.17, 15) is 0 Å². The van der Waals surface area contributed by atoms with Gasteiger partial charge in [0, 0.05) is 31.4 Å². The van der Waals surface area contributed by atoms with Crippen LogP contribution in [0.3, 0.4) is 0 Å². The minimum Gasteiger partial charge on any atom is -0.297 e. The number of fused-ring (bicyclic) bond motifs is 4. The highest BCUT2D eigenvalue weighted by molar-refractivity contribution is 6.20. The van der Waals surface area contributed by atoms with Gasteiger partial charge >= 0.3 is 0 Å². The molecule has 5 rings (SSSR count). The number of halogens is 3. The summed E-state index contributed by atoms with van der Waals surface area (Å²) in [6.45, 7) is 2.55. The number of alkyl halides is 2. The standard InChI is InChI=1S/C29H25Cl2N.ClH/c30-15-17-32(18-16-31)20-21-9-11-23(12-10-21)29-26-8-4-2-6-24(26)19-28-25-7-3-1-5-22(25)13-14-27(28)29;/h1-14,19H,15-18,20H2;1H. The molecule has 0 unspecified atom stereocenters. The molecule has 0 saturated heterocycles. The molecule has 0 bridgehead atoms. The van der Waals surface area contributed by atoms with Crippen molar-refractivity contribution in [3.8, 4) is 11.1 Å². The maximum absolute atomic E-state index is 5.97. The smallest absolute Gasteiger partial charge is 0.0351 e. The molecular formula is C29H26Cl3N. The molecule has 33 heavy (non-hydrogen) atoms. The molecular weight excluding hydrogens is 469 g/mol. The zero-order valence-corrected chi connectivity index (χ0v) is 20.6. The van der Waals surface area contributed by atoms with E-state index >= 15 is 0 Å². The van der Waals surface area contributed by atoms with E-state index in [2.05, 4.69) is 95.9 Å². The van der Waals surface area contributed by atoms with Crippen LogP contribution in [0.15, 0.2) is 91.0 Å². The van der Waals surface area contributed by atoms with E-state index in [1.54, 1.807) is 0 Å². The zero-order valence-electron chi connectivity index (χ0n) is 18.3. The third-order valence-corrected chi connectivity index (χ3v) is 6.56. The van der Waals surface area contributed by atoms with Gasteiger partial charge in [0.05, 0.1) is 0 Å². The first-order valence-electron chi connectivity index (χ1n) is 11.1. The lowest BCUT2D eigenvalue weighted by Crippen LogP contribution is -2.27. The lowest BCUT2D eigenvalue weighted by Gasteiger charge is -2.20. The van der Waals surface area contributed by atoms with Gasteiger partial charge in [-0.15, -0.1) is 35.6 Å². The highest BCUT2D eigenvalue weighted by atomic mass is 35.5. The Balaban J connectivity index is 0.00000259. The van der Waals surface area contributed by atoms with E-state index in [4.69, 9.17) is 23.2 Å². The van der Waals surface area contributed by atoms with Crippen molar-refractivity contribution in [3.63, 3.8) is 0 Å². The summed E-state index contributed by atoms with van der Waals surface area (Å²) in [4.78, 5) is 2.30. The topological polar surface area (TPSA) is 3.24 Å². The van der Waals surface area contributed by atoms with Gasteiger partial charge in [0.2, 0.25) is 0 Å². The number of rotatable bonds is 7. The molecule has 0 atom stereocenters. The van der Waals surface area contributed by atoms with Crippen molar-refractivity contribution < 1.29 is 0 Å². The fourth-order valence-corrected chi connectivity index (χ4v) is 5.15. The van der Waals surface area contributed by atoms with E-state index in [1.165, 1.54) is 49.0 Å². The third-order valence-electron chi connectivity index (χ3n) is 6.22. The first kappa shape index (κ1) is 23.9. The van der Waals surface area contributed by atoms with E-state index in [1.807, 2.05) is 0 Å². The summed E-state index contributed by atoms with van der Waals surface area (Å²) in [6, 6.07) is 33.2. The third kappa shape index (κ3) is 4.83. The van der Waals surface area contributed by atoms with E-state index < -0.39 is 0 Å². The molecule has 0 radical (unpaired) electrons. The second-order valence-corrected chi connectivity index (χ2v) is 8.96. The predicted octanol–water partition coefficient (Wildman–Crippen LogP) is 8.51. The van der Waals surface area contributed by atoms with Crippen molar-refractivity contribution in [2.75, 3.05) is 24.8 Å². The second kappa shape index (κ2) is 10.8. The maximum Gasteiger partial charge on any atom is 0.0351 e. The molecule has 4 heteroatoms. The Morgan fingerprint density at radius 2 is 1.21 bits per heavy atom. The van der Waals surface area contributed by atoms with Crippen LogP contribution >= 0.6 is 35.6 Å². The zero-order chi connectivity index (χ0) is 21.9. The molecule has 5 aromatic rings. The first-order valence-corrected chi connectivity index (χ1v) is 12.1. The van der Waals surface area contributed by atoms with Gasteiger partial charge in [0.1, 0.15) is 0 Å². The molecule has 0 spiro atoms. The van der Waals surface area contributed by atoms with Crippen molar-refractivity contribution in [2.24, 2.45) is 0 Å². The molecule has 5 aromatic carbocycles.